The first-order chi connectivity index (χ1) is 12.2. The smallest absolute Gasteiger partial charge is 0.156 e. The molecule has 0 unspecified atom stereocenters. The van der Waals surface area contributed by atoms with Gasteiger partial charge >= 0.3 is 0 Å². The summed E-state index contributed by atoms with van der Waals surface area (Å²) in [7, 11) is 0. The van der Waals surface area contributed by atoms with E-state index in [9.17, 15) is 0 Å². The molecule has 0 aliphatic rings. The zero-order valence-corrected chi connectivity index (χ0v) is 18.1. The summed E-state index contributed by atoms with van der Waals surface area (Å²) < 4.78 is 11.3. The van der Waals surface area contributed by atoms with Gasteiger partial charge in [-0.3, -0.25) is 0 Å². The van der Waals surface area contributed by atoms with E-state index in [0.717, 1.165) is 19.3 Å². The Morgan fingerprint density at radius 1 is 1.08 bits per heavy atom. The van der Waals surface area contributed by atoms with Crippen LogP contribution in [0.4, 0.5) is 0 Å². The molecule has 146 valence electrons. The third-order valence-corrected chi connectivity index (χ3v) is 3.70. The molecule has 26 heavy (non-hydrogen) atoms. The van der Waals surface area contributed by atoms with Crippen LogP contribution in [-0.4, -0.2) is 25.0 Å². The fourth-order valence-electron chi connectivity index (χ4n) is 1.72. The van der Waals surface area contributed by atoms with Gasteiger partial charge in [0.25, 0.3) is 0 Å². The highest BCUT2D eigenvalue weighted by Crippen LogP contribution is 2.37. The quantitative estimate of drug-likeness (QED) is 0.221. The Hall–Kier alpha value is -0.810. The maximum Gasteiger partial charge on any atom is 0.156 e. The van der Waals surface area contributed by atoms with Crippen molar-refractivity contribution in [2.75, 3.05) is 13.2 Å². The van der Waals surface area contributed by atoms with Gasteiger partial charge in [0.1, 0.15) is 22.4 Å². The van der Waals surface area contributed by atoms with E-state index >= 15 is 0 Å². The summed E-state index contributed by atoms with van der Waals surface area (Å²) >= 11 is 23.5. The molecule has 0 radical (unpaired) electrons. The number of unbranched alkanes of at least 4 members (excludes halogenated alkanes) is 2. The molecule has 1 rings (SSSR count). The van der Waals surface area contributed by atoms with E-state index in [0.29, 0.717) is 28.2 Å². The van der Waals surface area contributed by atoms with Gasteiger partial charge in [-0.05, 0) is 46.1 Å². The molecule has 8 heteroatoms. The molecule has 1 aromatic rings. The molecule has 0 spiro atoms. The molecule has 1 aromatic carbocycles. The number of ether oxygens (including phenoxy) is 2. The van der Waals surface area contributed by atoms with Gasteiger partial charge in [-0.2, -0.15) is 0 Å². The van der Waals surface area contributed by atoms with Crippen molar-refractivity contribution in [1.82, 2.24) is 0 Å². The Bertz CT molecular complexity index is 600. The van der Waals surface area contributed by atoms with Crippen molar-refractivity contribution in [1.29, 1.82) is 0 Å². The highest BCUT2D eigenvalue weighted by atomic mass is 35.5. The van der Waals surface area contributed by atoms with Crippen molar-refractivity contribution in [3.05, 3.63) is 32.7 Å². The van der Waals surface area contributed by atoms with Crippen LogP contribution in [-0.2, 0) is 4.84 Å². The fraction of sp³-hybridized carbons (Fsp3) is 0.500. The van der Waals surface area contributed by atoms with Crippen molar-refractivity contribution in [2.45, 2.75) is 45.6 Å². The van der Waals surface area contributed by atoms with Gasteiger partial charge in [0.15, 0.2) is 5.75 Å². The zero-order valence-electron chi connectivity index (χ0n) is 15.0. The van der Waals surface area contributed by atoms with Gasteiger partial charge in [0.2, 0.25) is 0 Å². The van der Waals surface area contributed by atoms with Crippen molar-refractivity contribution in [2.24, 2.45) is 5.16 Å². The maximum atomic E-state index is 6.21. The lowest BCUT2D eigenvalue weighted by molar-refractivity contribution is 0.00156. The zero-order chi connectivity index (χ0) is 19.6. The summed E-state index contributed by atoms with van der Waals surface area (Å²) in [4.78, 5) is 5.26. The van der Waals surface area contributed by atoms with E-state index in [-0.39, 0.29) is 16.7 Å². The van der Waals surface area contributed by atoms with Crippen LogP contribution >= 0.6 is 46.4 Å². The third kappa shape index (κ3) is 10.4. The second kappa shape index (κ2) is 11.8. The standard InChI is InChI=1S/C18H23Cl4NO3/c1-18(2,3)26-23-8-5-4-6-9-25-17-14(19)11-13(12-15(17)20)24-10-7-16(21)22/h7-8,11-12H,4-6,9-10H2,1-3H3. The van der Waals surface area contributed by atoms with Crippen molar-refractivity contribution in [3.8, 4) is 11.5 Å². The van der Waals surface area contributed by atoms with Crippen LogP contribution in [0.15, 0.2) is 27.9 Å². The number of hydrogen-bond donors (Lipinski definition) is 0. The Morgan fingerprint density at radius 2 is 1.73 bits per heavy atom. The van der Waals surface area contributed by atoms with Crippen LogP contribution in [0.3, 0.4) is 0 Å². The second-order valence-electron chi connectivity index (χ2n) is 6.36. The molecule has 0 aromatic heterocycles. The summed E-state index contributed by atoms with van der Waals surface area (Å²) in [5.41, 5.74) is -0.268. The molecule has 0 saturated carbocycles. The summed E-state index contributed by atoms with van der Waals surface area (Å²) in [5, 5.41) is 4.70. The Balaban J connectivity index is 2.37. The van der Waals surface area contributed by atoms with Crippen LogP contribution in [0.25, 0.3) is 0 Å². The van der Waals surface area contributed by atoms with E-state index in [4.69, 9.17) is 60.7 Å². The minimum atomic E-state index is -0.268. The molecule has 0 amide bonds. The number of nitrogens with zero attached hydrogens (tertiary/aromatic N) is 1. The molecule has 0 N–H and O–H groups in total. The van der Waals surface area contributed by atoms with E-state index in [1.54, 1.807) is 18.3 Å². The maximum absolute atomic E-state index is 6.21. The van der Waals surface area contributed by atoms with Gasteiger partial charge in [0, 0.05) is 18.3 Å². The predicted molar refractivity (Wildman–Crippen MR) is 110 cm³/mol. The number of hydrogen-bond acceptors (Lipinski definition) is 4. The topological polar surface area (TPSA) is 40.0 Å². The first-order valence-corrected chi connectivity index (χ1v) is 9.66. The molecule has 0 heterocycles. The Kier molecular flexibility index (Phi) is 10.6. The second-order valence-corrected chi connectivity index (χ2v) is 8.18. The SMILES string of the molecule is CC(C)(C)ON=CCCCCOc1c(Cl)cc(OCC=C(Cl)Cl)cc1Cl. The highest BCUT2D eigenvalue weighted by Gasteiger charge is 2.11. The van der Waals surface area contributed by atoms with Crippen molar-refractivity contribution in [3.63, 3.8) is 0 Å². The van der Waals surface area contributed by atoms with Gasteiger partial charge in [0.05, 0.1) is 16.7 Å². The highest BCUT2D eigenvalue weighted by molar-refractivity contribution is 6.55. The average Bonchev–Trinajstić information content (AvgIpc) is 2.50. The number of benzene rings is 1. The average molecular weight is 443 g/mol. The van der Waals surface area contributed by atoms with E-state index in [1.165, 1.54) is 6.08 Å². The normalized spacial score (nSPS) is 11.5. The van der Waals surface area contributed by atoms with Gasteiger partial charge in [-0.1, -0.05) is 51.6 Å². The van der Waals surface area contributed by atoms with E-state index in [2.05, 4.69) is 5.16 Å². The first-order valence-electron chi connectivity index (χ1n) is 8.15. The van der Waals surface area contributed by atoms with E-state index < -0.39 is 0 Å². The molecule has 0 bridgehead atoms. The minimum Gasteiger partial charge on any atom is -0.490 e. The van der Waals surface area contributed by atoms with Gasteiger partial charge in [-0.15, -0.1) is 0 Å². The van der Waals surface area contributed by atoms with E-state index in [1.807, 2.05) is 20.8 Å². The summed E-state index contributed by atoms with van der Waals surface area (Å²) in [5.74, 6) is 0.949. The minimum absolute atomic E-state index is 0.136. The van der Waals surface area contributed by atoms with Gasteiger partial charge < -0.3 is 14.3 Å². The predicted octanol–water partition coefficient (Wildman–Crippen LogP) is 7.04. The van der Waals surface area contributed by atoms with Crippen LogP contribution in [0.5, 0.6) is 11.5 Å². The van der Waals surface area contributed by atoms with Crippen LogP contribution in [0.2, 0.25) is 10.0 Å². The molecular weight excluding hydrogens is 420 g/mol. The molecule has 0 aliphatic heterocycles. The lowest BCUT2D eigenvalue weighted by Gasteiger charge is -2.14. The van der Waals surface area contributed by atoms with Crippen LogP contribution < -0.4 is 9.47 Å². The molecule has 0 saturated heterocycles. The monoisotopic (exact) mass is 441 g/mol. The lowest BCUT2D eigenvalue weighted by Crippen LogP contribution is -2.15. The third-order valence-electron chi connectivity index (χ3n) is 2.83. The lowest BCUT2D eigenvalue weighted by atomic mass is 10.2. The first kappa shape index (κ1) is 23.2. The van der Waals surface area contributed by atoms with Gasteiger partial charge in [-0.25, -0.2) is 0 Å². The summed E-state index contributed by atoms with van der Waals surface area (Å²) in [6.07, 6.45) is 5.85. The Morgan fingerprint density at radius 3 is 2.31 bits per heavy atom. The van der Waals surface area contributed by atoms with Crippen molar-refractivity contribution >= 4 is 52.6 Å². The largest absolute Gasteiger partial charge is 0.490 e. The van der Waals surface area contributed by atoms with Crippen LogP contribution in [0, 0.1) is 0 Å². The summed E-state index contributed by atoms with van der Waals surface area (Å²) in [6.45, 7) is 6.57. The number of rotatable bonds is 10. The number of oxime groups is 1. The fourth-order valence-corrected chi connectivity index (χ4v) is 2.42. The summed E-state index contributed by atoms with van der Waals surface area (Å²) in [6, 6.07) is 3.27. The number of halogens is 4. The van der Waals surface area contributed by atoms with Crippen LogP contribution in [0.1, 0.15) is 40.0 Å². The molecular formula is C18H23Cl4NO3. The molecule has 4 nitrogen and oxygen atoms in total. The Labute approximate surface area is 175 Å². The molecule has 0 atom stereocenters. The molecule has 0 fully saturated rings. The van der Waals surface area contributed by atoms with Crippen molar-refractivity contribution < 1.29 is 14.3 Å². The molecule has 0 aliphatic carbocycles.